The first kappa shape index (κ1) is 17.3. The highest BCUT2D eigenvalue weighted by atomic mass is 16.3. The maximum Gasteiger partial charge on any atom is 0.137 e. The van der Waals surface area contributed by atoms with Crippen LogP contribution in [-0.2, 0) is 5.41 Å². The first-order valence-electron chi connectivity index (χ1n) is 10.5. The topological polar surface area (TPSA) is 18.1 Å². The molecule has 0 aliphatic carbocycles. The predicted octanol–water partition coefficient (Wildman–Crippen LogP) is 7.98. The van der Waals surface area contributed by atoms with E-state index in [-0.39, 0.29) is 5.41 Å². The fourth-order valence-corrected chi connectivity index (χ4v) is 4.56. The summed E-state index contributed by atoms with van der Waals surface area (Å²) in [6.07, 6.45) is 0. The van der Waals surface area contributed by atoms with Crippen LogP contribution < -0.4 is 0 Å². The van der Waals surface area contributed by atoms with Gasteiger partial charge in [-0.3, -0.25) is 0 Å². The molecule has 2 aromatic heterocycles. The Balaban J connectivity index is 1.76. The molecule has 6 rings (SSSR count). The summed E-state index contributed by atoms with van der Waals surface area (Å²) in [4.78, 5) is 0. The molecule has 0 amide bonds. The van der Waals surface area contributed by atoms with E-state index >= 15 is 0 Å². The van der Waals surface area contributed by atoms with E-state index < -0.39 is 0 Å². The van der Waals surface area contributed by atoms with E-state index in [0.29, 0.717) is 0 Å². The van der Waals surface area contributed by atoms with Crippen molar-refractivity contribution >= 4 is 43.7 Å². The fourth-order valence-electron chi connectivity index (χ4n) is 4.56. The van der Waals surface area contributed by atoms with Crippen molar-refractivity contribution in [2.75, 3.05) is 0 Å². The van der Waals surface area contributed by atoms with Crippen LogP contribution in [0.2, 0.25) is 0 Å². The molecule has 0 radical (unpaired) electrons. The maximum atomic E-state index is 6.30. The Morgan fingerprint density at radius 2 is 1.33 bits per heavy atom. The summed E-state index contributed by atoms with van der Waals surface area (Å²) in [5.41, 5.74) is 6.85. The van der Waals surface area contributed by atoms with Gasteiger partial charge in [0, 0.05) is 33.3 Å². The van der Waals surface area contributed by atoms with Crippen LogP contribution in [0.5, 0.6) is 0 Å². The lowest BCUT2D eigenvalue weighted by Gasteiger charge is -2.18. The van der Waals surface area contributed by atoms with Crippen molar-refractivity contribution in [2.45, 2.75) is 26.2 Å². The first-order chi connectivity index (χ1) is 14.5. The minimum absolute atomic E-state index is 0.102. The number of aromatic nitrogens is 1. The Bertz CT molecular complexity index is 1560. The Morgan fingerprint density at radius 1 is 0.600 bits per heavy atom. The van der Waals surface area contributed by atoms with E-state index in [1.807, 2.05) is 0 Å². The number of furan rings is 1. The van der Waals surface area contributed by atoms with Crippen LogP contribution >= 0.6 is 0 Å². The van der Waals surface area contributed by atoms with Gasteiger partial charge in [-0.1, -0.05) is 63.2 Å². The Labute approximate surface area is 175 Å². The molecule has 0 aliphatic rings. The number of hydrogen-bond acceptors (Lipinski definition) is 1. The van der Waals surface area contributed by atoms with Gasteiger partial charge in [-0.05, 0) is 47.4 Å². The van der Waals surface area contributed by atoms with Crippen molar-refractivity contribution in [1.29, 1.82) is 0 Å². The minimum Gasteiger partial charge on any atom is -0.456 e. The van der Waals surface area contributed by atoms with Crippen LogP contribution in [0.4, 0.5) is 0 Å². The second kappa shape index (κ2) is 5.99. The van der Waals surface area contributed by atoms with Crippen LogP contribution in [0.3, 0.4) is 0 Å². The molecule has 2 heterocycles. The average Bonchev–Trinajstić information content (AvgIpc) is 3.26. The molecule has 30 heavy (non-hydrogen) atoms. The Hall–Kier alpha value is -3.52. The lowest BCUT2D eigenvalue weighted by Crippen LogP contribution is -2.10. The summed E-state index contributed by atoms with van der Waals surface area (Å²) in [5.74, 6) is 0. The van der Waals surface area contributed by atoms with Crippen molar-refractivity contribution in [1.82, 2.24) is 4.57 Å². The van der Waals surface area contributed by atoms with E-state index in [1.54, 1.807) is 0 Å². The molecule has 0 N–H and O–H groups in total. The van der Waals surface area contributed by atoms with Gasteiger partial charge in [0.05, 0.1) is 11.0 Å². The first-order valence-corrected chi connectivity index (χ1v) is 10.5. The number of hydrogen-bond donors (Lipinski definition) is 0. The molecule has 0 saturated heterocycles. The summed E-state index contributed by atoms with van der Waals surface area (Å²) in [6, 6.07) is 30.3. The maximum absolute atomic E-state index is 6.30. The van der Waals surface area contributed by atoms with E-state index in [2.05, 4.69) is 110 Å². The van der Waals surface area contributed by atoms with Gasteiger partial charge < -0.3 is 8.98 Å². The Kier molecular flexibility index (Phi) is 3.47. The van der Waals surface area contributed by atoms with E-state index in [1.165, 1.54) is 38.1 Å². The number of nitrogens with zero attached hydrogens (tertiary/aromatic N) is 1. The van der Waals surface area contributed by atoms with E-state index in [9.17, 15) is 0 Å². The molecular weight excluding hydrogens is 366 g/mol. The number of para-hydroxylation sites is 2. The molecule has 6 aromatic rings. The fraction of sp³-hybridized carbons (Fsp3) is 0.143. The minimum atomic E-state index is 0.102. The highest BCUT2D eigenvalue weighted by Gasteiger charge is 2.18. The number of benzene rings is 4. The van der Waals surface area contributed by atoms with E-state index in [4.69, 9.17) is 4.42 Å². The zero-order chi connectivity index (χ0) is 20.5. The van der Waals surface area contributed by atoms with Crippen molar-refractivity contribution in [3.63, 3.8) is 0 Å². The molecule has 0 saturated carbocycles. The zero-order valence-corrected chi connectivity index (χ0v) is 17.4. The molecule has 0 atom stereocenters. The van der Waals surface area contributed by atoms with Crippen LogP contribution in [-0.4, -0.2) is 4.57 Å². The van der Waals surface area contributed by atoms with Gasteiger partial charge in [0.1, 0.15) is 11.2 Å². The molecule has 2 heteroatoms. The van der Waals surface area contributed by atoms with Crippen molar-refractivity contribution in [3.8, 4) is 5.69 Å². The van der Waals surface area contributed by atoms with Crippen LogP contribution in [0, 0.1) is 0 Å². The molecule has 2 nitrogen and oxygen atoms in total. The van der Waals surface area contributed by atoms with Crippen LogP contribution in [0.1, 0.15) is 26.3 Å². The standard InChI is InChI=1S/C28H23NO/c1-28(2,3)18-13-14-26-22(15-18)23-16-21-20-11-7-8-12-24(20)29(19-9-5-4-6-10-19)25(21)17-27(23)30-26/h4-17H,1-3H3. The average molecular weight is 389 g/mol. The summed E-state index contributed by atoms with van der Waals surface area (Å²) in [7, 11) is 0. The van der Waals surface area contributed by atoms with Gasteiger partial charge in [-0.15, -0.1) is 0 Å². The molecule has 0 fully saturated rings. The van der Waals surface area contributed by atoms with Gasteiger partial charge in [0.25, 0.3) is 0 Å². The highest BCUT2D eigenvalue weighted by Crippen LogP contribution is 2.39. The molecular formula is C28H23NO. The van der Waals surface area contributed by atoms with Crippen molar-refractivity contribution < 1.29 is 4.42 Å². The molecule has 0 bridgehead atoms. The number of rotatable bonds is 1. The van der Waals surface area contributed by atoms with Gasteiger partial charge in [0.2, 0.25) is 0 Å². The van der Waals surface area contributed by atoms with Crippen molar-refractivity contribution in [2.24, 2.45) is 0 Å². The van der Waals surface area contributed by atoms with Gasteiger partial charge in [-0.2, -0.15) is 0 Å². The van der Waals surface area contributed by atoms with Crippen molar-refractivity contribution in [3.05, 3.63) is 90.5 Å². The van der Waals surface area contributed by atoms with Crippen LogP contribution in [0.15, 0.2) is 89.3 Å². The summed E-state index contributed by atoms with van der Waals surface area (Å²) < 4.78 is 8.63. The summed E-state index contributed by atoms with van der Waals surface area (Å²) in [5, 5.41) is 4.89. The van der Waals surface area contributed by atoms with Gasteiger partial charge in [-0.25, -0.2) is 0 Å². The quantitative estimate of drug-likeness (QED) is 0.279. The second-order valence-electron chi connectivity index (χ2n) is 9.12. The third kappa shape index (κ3) is 2.43. The van der Waals surface area contributed by atoms with Gasteiger partial charge >= 0.3 is 0 Å². The zero-order valence-electron chi connectivity index (χ0n) is 17.4. The normalized spacial score (nSPS) is 12.5. The second-order valence-corrected chi connectivity index (χ2v) is 9.12. The lowest BCUT2D eigenvalue weighted by atomic mass is 9.86. The highest BCUT2D eigenvalue weighted by molar-refractivity contribution is 6.17. The summed E-state index contributed by atoms with van der Waals surface area (Å²) in [6.45, 7) is 6.76. The van der Waals surface area contributed by atoms with E-state index in [0.717, 1.165) is 16.9 Å². The molecule has 4 aromatic carbocycles. The monoisotopic (exact) mass is 389 g/mol. The third-order valence-electron chi connectivity index (χ3n) is 6.14. The largest absolute Gasteiger partial charge is 0.456 e. The SMILES string of the molecule is CC(C)(C)c1ccc2oc3cc4c(cc3c2c1)c1ccccc1n4-c1ccccc1. The molecule has 0 unspecified atom stereocenters. The molecule has 146 valence electrons. The third-order valence-corrected chi connectivity index (χ3v) is 6.14. The number of fused-ring (bicyclic) bond motifs is 6. The Morgan fingerprint density at radius 3 is 2.13 bits per heavy atom. The molecule has 0 aliphatic heterocycles. The van der Waals surface area contributed by atoms with Gasteiger partial charge in [0.15, 0.2) is 0 Å². The predicted molar refractivity (Wildman–Crippen MR) is 127 cm³/mol. The summed E-state index contributed by atoms with van der Waals surface area (Å²) >= 11 is 0. The lowest BCUT2D eigenvalue weighted by molar-refractivity contribution is 0.590. The molecule has 0 spiro atoms. The van der Waals surface area contributed by atoms with Crippen LogP contribution in [0.25, 0.3) is 49.4 Å². The smallest absolute Gasteiger partial charge is 0.137 e.